The number of rotatable bonds is 8. The van der Waals surface area contributed by atoms with E-state index in [1.165, 1.54) is 23.5 Å². The first-order valence-corrected chi connectivity index (χ1v) is 12.6. The highest BCUT2D eigenvalue weighted by atomic mass is 32.2. The van der Waals surface area contributed by atoms with Gasteiger partial charge < -0.3 is 19.5 Å². The third-order valence-corrected chi connectivity index (χ3v) is 7.38. The van der Waals surface area contributed by atoms with Gasteiger partial charge >= 0.3 is 0 Å². The molecule has 0 aliphatic carbocycles. The number of nitrogens with one attached hydrogen (secondary N) is 1. The van der Waals surface area contributed by atoms with Crippen LogP contribution in [0.2, 0.25) is 0 Å². The van der Waals surface area contributed by atoms with Gasteiger partial charge in [0.05, 0.1) is 30.8 Å². The van der Waals surface area contributed by atoms with E-state index in [-0.39, 0.29) is 24.6 Å². The number of aryl methyl sites for hydroxylation is 2. The van der Waals surface area contributed by atoms with Gasteiger partial charge in [-0.2, -0.15) is 0 Å². The Morgan fingerprint density at radius 1 is 1.03 bits per heavy atom. The molecule has 8 nitrogen and oxygen atoms in total. The van der Waals surface area contributed by atoms with Gasteiger partial charge in [-0.05, 0) is 73.5 Å². The van der Waals surface area contributed by atoms with Crippen LogP contribution in [0.5, 0.6) is 17.2 Å². The Bertz CT molecular complexity index is 1310. The number of sulfonamides is 1. The first-order chi connectivity index (χ1) is 16.8. The number of nitrogens with zero attached hydrogens (tertiary/aromatic N) is 1. The van der Waals surface area contributed by atoms with Crippen molar-refractivity contribution >= 4 is 21.6 Å². The van der Waals surface area contributed by atoms with Gasteiger partial charge in [-0.25, -0.2) is 8.42 Å². The lowest BCUT2D eigenvalue weighted by molar-refractivity contribution is -0.127. The smallest absolute Gasteiger partial charge is 0.264 e. The van der Waals surface area contributed by atoms with E-state index in [2.05, 4.69) is 5.32 Å². The lowest BCUT2D eigenvalue weighted by Gasteiger charge is -2.35. The van der Waals surface area contributed by atoms with E-state index in [0.717, 1.165) is 11.1 Å². The number of hydrogen-bond acceptors (Lipinski definition) is 6. The highest BCUT2D eigenvalue weighted by Gasteiger charge is 2.37. The standard InChI is InChI=1S/C26H28N2O6S/c1-18-5-4-6-21(15-18)33-14-13-27-26(29)25-17-28(23-12-7-19(2)16-24(23)34-25)35(30,31)22-10-8-20(32-3)9-11-22/h4-12,15-16,25H,13-14,17H2,1-3H3,(H,27,29)/t25-/m1/s1. The van der Waals surface area contributed by atoms with Gasteiger partial charge in [0.15, 0.2) is 6.10 Å². The minimum absolute atomic E-state index is 0.0948. The topological polar surface area (TPSA) is 94.2 Å². The van der Waals surface area contributed by atoms with Crippen LogP contribution in [0.15, 0.2) is 71.6 Å². The van der Waals surface area contributed by atoms with Crippen LogP contribution in [0.1, 0.15) is 11.1 Å². The van der Waals surface area contributed by atoms with Gasteiger partial charge in [-0.1, -0.05) is 18.2 Å². The number of anilines is 1. The van der Waals surface area contributed by atoms with Gasteiger partial charge in [-0.3, -0.25) is 9.10 Å². The largest absolute Gasteiger partial charge is 0.497 e. The number of hydrogen-bond donors (Lipinski definition) is 1. The van der Waals surface area contributed by atoms with Crippen molar-refractivity contribution in [3.05, 3.63) is 77.9 Å². The summed E-state index contributed by atoms with van der Waals surface area (Å²) in [5.41, 5.74) is 2.35. The molecule has 1 amide bonds. The Labute approximate surface area is 205 Å². The van der Waals surface area contributed by atoms with Crippen LogP contribution in [0, 0.1) is 13.8 Å². The number of amides is 1. The molecule has 1 N–H and O–H groups in total. The first-order valence-electron chi connectivity index (χ1n) is 11.2. The molecule has 0 bridgehead atoms. The molecule has 0 unspecified atom stereocenters. The zero-order valence-corrected chi connectivity index (χ0v) is 20.7. The summed E-state index contributed by atoms with van der Waals surface area (Å²) in [6.45, 7) is 4.21. The summed E-state index contributed by atoms with van der Waals surface area (Å²) in [4.78, 5) is 13.0. The SMILES string of the molecule is COc1ccc(S(=O)(=O)N2C[C@H](C(=O)NCCOc3cccc(C)c3)Oc3cc(C)ccc32)cc1. The van der Waals surface area contributed by atoms with Crippen molar-refractivity contribution in [2.45, 2.75) is 24.8 Å². The second-order valence-corrected chi connectivity index (χ2v) is 10.1. The lowest BCUT2D eigenvalue weighted by Crippen LogP contribution is -2.51. The Morgan fingerprint density at radius 2 is 1.77 bits per heavy atom. The second kappa shape index (κ2) is 10.3. The minimum atomic E-state index is -3.95. The molecule has 0 radical (unpaired) electrons. The molecule has 0 saturated heterocycles. The summed E-state index contributed by atoms with van der Waals surface area (Å²) in [5, 5.41) is 2.78. The van der Waals surface area contributed by atoms with E-state index in [4.69, 9.17) is 14.2 Å². The molecule has 184 valence electrons. The number of methoxy groups -OCH3 is 1. The zero-order chi connectivity index (χ0) is 25.0. The molecular formula is C26H28N2O6S. The van der Waals surface area contributed by atoms with Crippen LogP contribution in [-0.2, 0) is 14.8 Å². The number of fused-ring (bicyclic) bond motifs is 1. The van der Waals surface area contributed by atoms with Crippen LogP contribution in [0.3, 0.4) is 0 Å². The van der Waals surface area contributed by atoms with Crippen LogP contribution in [0.4, 0.5) is 5.69 Å². The van der Waals surface area contributed by atoms with E-state index in [1.807, 2.05) is 44.2 Å². The maximum atomic E-state index is 13.5. The number of carbonyl (C=O) groups excluding carboxylic acids is 1. The van der Waals surface area contributed by atoms with Crippen molar-refractivity contribution in [3.63, 3.8) is 0 Å². The third-order valence-electron chi connectivity index (χ3n) is 5.58. The molecule has 1 heterocycles. The summed E-state index contributed by atoms with van der Waals surface area (Å²) < 4.78 is 45.0. The van der Waals surface area contributed by atoms with E-state index in [1.54, 1.807) is 24.3 Å². The maximum absolute atomic E-state index is 13.5. The lowest BCUT2D eigenvalue weighted by atomic mass is 10.1. The highest BCUT2D eigenvalue weighted by molar-refractivity contribution is 7.92. The van der Waals surface area contributed by atoms with Gasteiger partial charge in [0, 0.05) is 0 Å². The zero-order valence-electron chi connectivity index (χ0n) is 19.9. The predicted octanol–water partition coefficient (Wildman–Crippen LogP) is 3.46. The number of ether oxygens (including phenoxy) is 3. The predicted molar refractivity (Wildman–Crippen MR) is 133 cm³/mol. The summed E-state index contributed by atoms with van der Waals surface area (Å²) in [6, 6.07) is 19.0. The maximum Gasteiger partial charge on any atom is 0.264 e. The molecule has 0 aromatic heterocycles. The molecule has 9 heteroatoms. The molecular weight excluding hydrogens is 468 g/mol. The fourth-order valence-electron chi connectivity index (χ4n) is 3.76. The third kappa shape index (κ3) is 5.51. The van der Waals surface area contributed by atoms with Crippen LogP contribution in [-0.4, -0.2) is 47.2 Å². The quantitative estimate of drug-likeness (QED) is 0.480. The first kappa shape index (κ1) is 24.4. The van der Waals surface area contributed by atoms with Crippen molar-refractivity contribution in [1.82, 2.24) is 5.32 Å². The Kier molecular flexibility index (Phi) is 7.16. The van der Waals surface area contributed by atoms with E-state index >= 15 is 0 Å². The summed E-state index contributed by atoms with van der Waals surface area (Å²) >= 11 is 0. The van der Waals surface area contributed by atoms with Gasteiger partial charge in [0.1, 0.15) is 23.9 Å². The van der Waals surface area contributed by atoms with Crippen LogP contribution in [0.25, 0.3) is 0 Å². The average Bonchev–Trinajstić information content (AvgIpc) is 2.85. The van der Waals surface area contributed by atoms with Crippen molar-refractivity contribution in [2.24, 2.45) is 0 Å². The average molecular weight is 497 g/mol. The monoisotopic (exact) mass is 496 g/mol. The van der Waals surface area contributed by atoms with Crippen LogP contribution >= 0.6 is 0 Å². The van der Waals surface area contributed by atoms with Crippen molar-refractivity contribution in [1.29, 1.82) is 0 Å². The minimum Gasteiger partial charge on any atom is -0.497 e. The Morgan fingerprint density at radius 3 is 2.49 bits per heavy atom. The number of benzene rings is 3. The Hall–Kier alpha value is -3.72. The molecule has 0 saturated carbocycles. The van der Waals surface area contributed by atoms with Crippen molar-refractivity contribution < 1.29 is 27.4 Å². The second-order valence-electron chi connectivity index (χ2n) is 8.25. The van der Waals surface area contributed by atoms with Gasteiger partial charge in [0.2, 0.25) is 0 Å². The molecule has 4 rings (SSSR count). The molecule has 1 aliphatic heterocycles. The van der Waals surface area contributed by atoms with E-state index < -0.39 is 22.0 Å². The van der Waals surface area contributed by atoms with E-state index in [9.17, 15) is 13.2 Å². The number of carbonyl (C=O) groups is 1. The molecule has 35 heavy (non-hydrogen) atoms. The van der Waals surface area contributed by atoms with Crippen molar-refractivity contribution in [3.8, 4) is 17.2 Å². The fourth-order valence-corrected chi connectivity index (χ4v) is 5.24. The molecule has 0 fully saturated rings. The molecule has 1 aliphatic rings. The summed E-state index contributed by atoms with van der Waals surface area (Å²) in [6.07, 6.45) is -1.02. The summed E-state index contributed by atoms with van der Waals surface area (Å²) in [5.74, 6) is 1.19. The normalized spacial score (nSPS) is 15.1. The molecule has 1 atom stereocenters. The fraction of sp³-hybridized carbons (Fsp3) is 0.269. The van der Waals surface area contributed by atoms with Crippen molar-refractivity contribution in [2.75, 3.05) is 31.1 Å². The highest BCUT2D eigenvalue weighted by Crippen LogP contribution is 2.38. The Balaban J connectivity index is 1.50. The van der Waals surface area contributed by atoms with Gasteiger partial charge in [0.25, 0.3) is 15.9 Å². The molecule has 0 spiro atoms. The molecule has 3 aromatic carbocycles. The van der Waals surface area contributed by atoms with Crippen LogP contribution < -0.4 is 23.8 Å². The summed E-state index contributed by atoms with van der Waals surface area (Å²) in [7, 11) is -2.44. The van der Waals surface area contributed by atoms with E-state index in [0.29, 0.717) is 22.9 Å². The molecule has 3 aromatic rings. The van der Waals surface area contributed by atoms with Gasteiger partial charge in [-0.15, -0.1) is 0 Å².